The number of carboxylic acid groups (broad SMARTS) is 1. The van der Waals surface area contributed by atoms with Crippen molar-refractivity contribution >= 4 is 48.0 Å². The summed E-state index contributed by atoms with van der Waals surface area (Å²) >= 11 is 0.894. The number of aromatic carboxylic acids is 1. The molecule has 1 rings (SSSR count). The number of phosphoric ester groups is 1. The second-order valence-corrected chi connectivity index (χ2v) is 10.8. The average molecular weight is 519 g/mol. The van der Waals surface area contributed by atoms with Gasteiger partial charge >= 0.3 is 13.8 Å². The highest BCUT2D eigenvalue weighted by Crippen LogP contribution is 2.49. The maximum Gasteiger partial charge on any atom is 0.474 e. The van der Waals surface area contributed by atoms with E-state index >= 15 is 0 Å². The Hall–Kier alpha value is -2.24. The summed E-state index contributed by atoms with van der Waals surface area (Å²) in [5.74, 6) is -1.83. The molecule has 1 aromatic carbocycles. The van der Waals surface area contributed by atoms with Crippen LogP contribution in [-0.2, 0) is 27.7 Å². The normalized spacial score (nSPS) is 13.2. The summed E-state index contributed by atoms with van der Waals surface area (Å²) in [5.41, 5.74) is 4.79. The minimum atomic E-state index is -3.88. The Morgan fingerprint density at radius 2 is 1.85 bits per heavy atom. The third kappa shape index (κ3) is 9.94. The van der Waals surface area contributed by atoms with Crippen molar-refractivity contribution in [2.45, 2.75) is 33.6 Å². The maximum atomic E-state index is 12.6. The first-order valence-corrected chi connectivity index (χ1v) is 12.8. The van der Waals surface area contributed by atoms with E-state index in [1.54, 1.807) is 13.8 Å². The molecule has 0 fully saturated rings. The van der Waals surface area contributed by atoms with Crippen LogP contribution in [0, 0.1) is 5.41 Å². The highest BCUT2D eigenvalue weighted by molar-refractivity contribution is 8.14. The van der Waals surface area contributed by atoms with Crippen molar-refractivity contribution in [1.29, 1.82) is 0 Å². The fraction of sp³-hybridized carbons (Fsp3) is 0.524. The lowest BCUT2D eigenvalue weighted by atomic mass is 9.90. The molecule has 0 bridgehead atoms. The van der Waals surface area contributed by atoms with Crippen LogP contribution in [0.15, 0.2) is 18.2 Å². The summed E-state index contributed by atoms with van der Waals surface area (Å²) in [4.78, 5) is 46.4. The molecule has 1 unspecified atom stereocenters. The fourth-order valence-corrected chi connectivity index (χ4v) is 4.28. The summed E-state index contributed by atoms with van der Waals surface area (Å²) in [6.07, 6.45) is 0.916. The van der Waals surface area contributed by atoms with E-state index in [0.29, 0.717) is 12.8 Å². The summed E-state index contributed by atoms with van der Waals surface area (Å²) in [6.45, 7) is 4.69. The van der Waals surface area contributed by atoms with E-state index in [1.165, 1.54) is 32.2 Å². The molecule has 0 aliphatic carbocycles. The van der Waals surface area contributed by atoms with E-state index in [4.69, 9.17) is 24.4 Å². The van der Waals surface area contributed by atoms with Crippen molar-refractivity contribution < 1.29 is 42.4 Å². The summed E-state index contributed by atoms with van der Waals surface area (Å²) < 4.78 is 28.0. The van der Waals surface area contributed by atoms with Crippen molar-refractivity contribution in [3.63, 3.8) is 0 Å². The van der Waals surface area contributed by atoms with Gasteiger partial charge in [0, 0.05) is 37.2 Å². The van der Waals surface area contributed by atoms with Crippen LogP contribution in [0.4, 0.5) is 5.69 Å². The van der Waals surface area contributed by atoms with Crippen LogP contribution in [0.5, 0.6) is 0 Å². The van der Waals surface area contributed by atoms with Crippen LogP contribution in [0.1, 0.15) is 54.3 Å². The monoisotopic (exact) mass is 518 g/mol. The van der Waals surface area contributed by atoms with E-state index < -0.39 is 25.1 Å². The lowest BCUT2D eigenvalue weighted by Gasteiger charge is -2.25. The van der Waals surface area contributed by atoms with Gasteiger partial charge in [-0.15, -0.1) is 0 Å². The number of rotatable bonds is 15. The van der Waals surface area contributed by atoms with Gasteiger partial charge in [0.25, 0.3) is 5.91 Å². The Labute approximate surface area is 202 Å². The van der Waals surface area contributed by atoms with Crippen LogP contribution in [0.2, 0.25) is 0 Å². The Balaban J connectivity index is 2.40. The van der Waals surface area contributed by atoms with Crippen molar-refractivity contribution in [1.82, 2.24) is 5.32 Å². The molecular weight excluding hydrogens is 487 g/mol. The first-order valence-electron chi connectivity index (χ1n) is 10.3. The Morgan fingerprint density at radius 1 is 1.18 bits per heavy atom. The minimum Gasteiger partial charge on any atom is -0.478 e. The molecule has 1 atom stereocenters. The summed E-state index contributed by atoms with van der Waals surface area (Å²) in [5, 5.41) is 11.5. The van der Waals surface area contributed by atoms with Gasteiger partial charge in [-0.1, -0.05) is 25.6 Å². The van der Waals surface area contributed by atoms with E-state index in [1.807, 2.05) is 0 Å². The smallest absolute Gasteiger partial charge is 0.474 e. The molecule has 1 amide bonds. The van der Waals surface area contributed by atoms with Gasteiger partial charge in [0.2, 0.25) is 0 Å². The molecule has 0 aliphatic heterocycles. The topological polar surface area (TPSA) is 171 Å². The summed E-state index contributed by atoms with van der Waals surface area (Å²) in [6, 6.07) is 3.92. The zero-order valence-corrected chi connectivity index (χ0v) is 21.3. The highest BCUT2D eigenvalue weighted by atomic mass is 32.2. The number of Topliss-reactive ketones (excluding diaryl/α,β-unsaturated/α-hetero) is 1. The molecule has 0 heterocycles. The van der Waals surface area contributed by atoms with E-state index in [0.717, 1.165) is 11.8 Å². The molecule has 0 saturated carbocycles. The predicted molar refractivity (Wildman–Crippen MR) is 128 cm³/mol. The van der Waals surface area contributed by atoms with E-state index in [9.17, 15) is 23.7 Å². The lowest BCUT2D eigenvalue weighted by molar-refractivity contribution is -0.126. The number of benzene rings is 1. The predicted octanol–water partition coefficient (Wildman–Crippen LogP) is 3.14. The maximum absolute atomic E-state index is 12.6. The number of nitrogens with two attached hydrogens (primary N) is 1. The number of carbonyl (C=O) groups is 4. The number of ketones is 1. The zero-order chi connectivity index (χ0) is 25.9. The number of nitrogens with one attached hydrogen (secondary N) is 1. The van der Waals surface area contributed by atoms with Crippen molar-refractivity contribution in [2.24, 2.45) is 5.41 Å². The second-order valence-electron chi connectivity index (χ2n) is 7.89. The number of hydrogen-bond acceptors (Lipinski definition) is 10. The standard InChI is InChI=1S/C21H31N2O9PS/c1-14(24)34-12-18(25)21(2,3)13-32-33(29,30-4)31-10-6-5-9-23-19(26)15-7-8-16(20(27)28)17(22)11-15/h7-8,11H,5-6,9-10,12-13,22H2,1-4H3,(H,23,26)(H,27,28). The molecule has 0 spiro atoms. The van der Waals surface area contributed by atoms with Gasteiger partial charge in [0.15, 0.2) is 10.9 Å². The molecule has 0 radical (unpaired) electrons. The third-order valence-corrected chi connectivity index (χ3v) is 6.82. The fourth-order valence-electron chi connectivity index (χ4n) is 2.43. The number of nitrogen functional groups attached to an aromatic ring is 1. The number of thioether (sulfide) groups is 1. The minimum absolute atomic E-state index is 0.00801. The number of hydrogen-bond donors (Lipinski definition) is 3. The molecule has 190 valence electrons. The SMILES string of the molecule is COP(=O)(OCCCCNC(=O)c1ccc(C(=O)O)c(N)c1)OCC(C)(C)C(=O)CSC(C)=O. The molecule has 11 nitrogen and oxygen atoms in total. The molecule has 1 aromatic rings. The Bertz CT molecular complexity index is 952. The van der Waals surface area contributed by atoms with Gasteiger partial charge in [-0.3, -0.25) is 28.0 Å². The number of carboxylic acids is 1. The lowest BCUT2D eigenvalue weighted by Crippen LogP contribution is -2.31. The highest BCUT2D eigenvalue weighted by Gasteiger charge is 2.33. The van der Waals surface area contributed by atoms with Crippen molar-refractivity contribution in [2.75, 3.05) is 38.4 Å². The quantitative estimate of drug-likeness (QED) is 0.177. The van der Waals surface area contributed by atoms with Gasteiger partial charge in [-0.2, -0.15) is 0 Å². The van der Waals surface area contributed by atoms with Gasteiger partial charge < -0.3 is 16.2 Å². The number of amides is 1. The number of unbranched alkanes of at least 4 members (excludes halogenated alkanes) is 1. The average Bonchev–Trinajstić information content (AvgIpc) is 2.77. The second kappa shape index (κ2) is 13.6. The first kappa shape index (κ1) is 29.8. The zero-order valence-electron chi connectivity index (χ0n) is 19.6. The summed E-state index contributed by atoms with van der Waals surface area (Å²) in [7, 11) is -2.71. The molecule has 13 heteroatoms. The molecular formula is C21H31N2O9PS. The molecule has 34 heavy (non-hydrogen) atoms. The van der Waals surface area contributed by atoms with Crippen LogP contribution < -0.4 is 11.1 Å². The Morgan fingerprint density at radius 3 is 2.41 bits per heavy atom. The number of phosphoric acid groups is 1. The van der Waals surface area contributed by atoms with Gasteiger partial charge in [-0.05, 0) is 31.0 Å². The first-order chi connectivity index (χ1) is 15.8. The van der Waals surface area contributed by atoms with E-state index in [2.05, 4.69) is 5.32 Å². The van der Waals surface area contributed by atoms with Crippen molar-refractivity contribution in [3.05, 3.63) is 29.3 Å². The van der Waals surface area contributed by atoms with Crippen LogP contribution in [0.3, 0.4) is 0 Å². The Kier molecular flexibility index (Phi) is 11.9. The molecule has 0 saturated heterocycles. The molecule has 0 aliphatic rings. The van der Waals surface area contributed by atoms with Gasteiger partial charge in [0.1, 0.15) is 0 Å². The van der Waals surface area contributed by atoms with Crippen LogP contribution >= 0.6 is 19.6 Å². The van der Waals surface area contributed by atoms with Crippen molar-refractivity contribution in [3.8, 4) is 0 Å². The van der Waals surface area contributed by atoms with Gasteiger partial charge in [0.05, 0.1) is 24.5 Å². The van der Waals surface area contributed by atoms with Gasteiger partial charge in [-0.25, -0.2) is 9.36 Å². The number of carbonyl (C=O) groups excluding carboxylic acids is 3. The largest absolute Gasteiger partial charge is 0.478 e. The third-order valence-electron chi connectivity index (χ3n) is 4.62. The molecule has 0 aromatic heterocycles. The van der Waals surface area contributed by atoms with Crippen LogP contribution in [0.25, 0.3) is 0 Å². The van der Waals surface area contributed by atoms with Crippen LogP contribution in [-0.4, -0.2) is 60.5 Å². The molecule has 4 N–H and O–H groups in total. The number of anilines is 1. The van der Waals surface area contributed by atoms with E-state index in [-0.39, 0.29) is 53.2 Å².